The zero-order valence-electron chi connectivity index (χ0n) is 13.4. The Morgan fingerprint density at radius 2 is 1.80 bits per heavy atom. The molecule has 1 unspecified atom stereocenters. The van der Waals surface area contributed by atoms with Gasteiger partial charge in [0.05, 0.1) is 0 Å². The minimum atomic E-state index is 0.0538. The number of benzene rings is 1. The van der Waals surface area contributed by atoms with Gasteiger partial charge in [0.2, 0.25) is 5.91 Å². The summed E-state index contributed by atoms with van der Waals surface area (Å²) < 4.78 is 0. The van der Waals surface area contributed by atoms with E-state index in [1.54, 1.807) is 0 Å². The fourth-order valence-corrected chi connectivity index (χ4v) is 2.09. The van der Waals surface area contributed by atoms with Crippen LogP contribution < -0.4 is 10.6 Å². The molecule has 20 heavy (non-hydrogen) atoms. The van der Waals surface area contributed by atoms with E-state index in [2.05, 4.69) is 37.5 Å². The van der Waals surface area contributed by atoms with Crippen LogP contribution in [0.3, 0.4) is 0 Å². The fourth-order valence-electron chi connectivity index (χ4n) is 2.09. The Balaban J connectivity index is 2.71. The molecule has 2 N–H and O–H groups in total. The van der Waals surface area contributed by atoms with E-state index in [-0.39, 0.29) is 5.91 Å². The van der Waals surface area contributed by atoms with Gasteiger partial charge in [0.25, 0.3) is 0 Å². The summed E-state index contributed by atoms with van der Waals surface area (Å²) in [6.45, 7) is 10.6. The Hall–Kier alpha value is -1.51. The van der Waals surface area contributed by atoms with Crippen LogP contribution in [0.1, 0.15) is 52.5 Å². The number of anilines is 2. The molecule has 0 fully saturated rings. The van der Waals surface area contributed by atoms with Gasteiger partial charge < -0.3 is 10.6 Å². The molecule has 1 amide bonds. The number of nitrogens with one attached hydrogen (secondary N) is 2. The first-order valence-corrected chi connectivity index (χ1v) is 7.60. The Bertz CT molecular complexity index is 441. The number of hydrogen-bond donors (Lipinski definition) is 2. The Kier molecular flexibility index (Phi) is 6.56. The van der Waals surface area contributed by atoms with Crippen molar-refractivity contribution < 1.29 is 4.79 Å². The molecule has 0 radical (unpaired) electrons. The maximum Gasteiger partial charge on any atom is 0.224 e. The first-order valence-electron chi connectivity index (χ1n) is 7.60. The Morgan fingerprint density at radius 3 is 2.40 bits per heavy atom. The lowest BCUT2D eigenvalue weighted by Gasteiger charge is -2.19. The van der Waals surface area contributed by atoms with Crippen LogP contribution in [0.25, 0.3) is 0 Å². The second-order valence-electron chi connectivity index (χ2n) is 5.90. The molecule has 112 valence electrons. The van der Waals surface area contributed by atoms with Gasteiger partial charge in [-0.15, -0.1) is 0 Å². The van der Waals surface area contributed by atoms with Gasteiger partial charge in [0.15, 0.2) is 0 Å². The van der Waals surface area contributed by atoms with E-state index < -0.39 is 0 Å². The first kappa shape index (κ1) is 16.5. The van der Waals surface area contributed by atoms with Crippen molar-refractivity contribution in [3.8, 4) is 0 Å². The molecule has 1 atom stereocenters. The van der Waals surface area contributed by atoms with Crippen molar-refractivity contribution in [1.82, 2.24) is 0 Å². The summed E-state index contributed by atoms with van der Waals surface area (Å²) in [7, 11) is 0. The lowest BCUT2D eigenvalue weighted by Crippen LogP contribution is -2.17. The highest BCUT2D eigenvalue weighted by Crippen LogP contribution is 2.24. The van der Waals surface area contributed by atoms with E-state index in [4.69, 9.17) is 0 Å². The predicted molar refractivity (Wildman–Crippen MR) is 87.3 cm³/mol. The molecule has 0 bridgehead atoms. The average Bonchev–Trinajstić information content (AvgIpc) is 2.40. The van der Waals surface area contributed by atoms with Crippen molar-refractivity contribution in [3.05, 3.63) is 23.8 Å². The molecular weight excluding hydrogens is 248 g/mol. The third-order valence-corrected chi connectivity index (χ3v) is 3.51. The van der Waals surface area contributed by atoms with Gasteiger partial charge in [0.1, 0.15) is 0 Å². The van der Waals surface area contributed by atoms with E-state index in [9.17, 15) is 4.79 Å². The zero-order valence-corrected chi connectivity index (χ0v) is 13.4. The van der Waals surface area contributed by atoms with Gasteiger partial charge in [-0.1, -0.05) is 26.8 Å². The van der Waals surface area contributed by atoms with Crippen LogP contribution >= 0.6 is 0 Å². The van der Waals surface area contributed by atoms with Crippen molar-refractivity contribution >= 4 is 17.3 Å². The van der Waals surface area contributed by atoms with Crippen molar-refractivity contribution in [2.45, 2.75) is 59.9 Å². The molecule has 0 saturated heterocycles. The molecule has 0 aliphatic rings. The van der Waals surface area contributed by atoms with Crippen LogP contribution in [0.2, 0.25) is 0 Å². The molecule has 0 spiro atoms. The molecule has 0 aliphatic carbocycles. The molecule has 1 rings (SSSR count). The standard InChI is InChI=1S/C17H28N2O/c1-6-17(20)19-16-9-7-8-15(14(16)5)18-13(4)11-10-12(2)3/h7-9,12-13,18H,6,10-11H2,1-5H3,(H,19,20). The second kappa shape index (κ2) is 7.93. The van der Waals surface area contributed by atoms with Gasteiger partial charge in [0, 0.05) is 23.8 Å². The van der Waals surface area contributed by atoms with Crippen LogP contribution in [0.15, 0.2) is 18.2 Å². The monoisotopic (exact) mass is 276 g/mol. The number of rotatable bonds is 7. The topological polar surface area (TPSA) is 41.1 Å². The summed E-state index contributed by atoms with van der Waals surface area (Å²) >= 11 is 0. The number of carbonyl (C=O) groups excluding carboxylic acids is 1. The average molecular weight is 276 g/mol. The van der Waals surface area contributed by atoms with Crippen LogP contribution in [-0.4, -0.2) is 11.9 Å². The van der Waals surface area contributed by atoms with E-state index >= 15 is 0 Å². The normalized spacial score (nSPS) is 12.3. The van der Waals surface area contributed by atoms with Gasteiger partial charge in [-0.25, -0.2) is 0 Å². The third-order valence-electron chi connectivity index (χ3n) is 3.51. The Labute approximate surface area is 123 Å². The number of carbonyl (C=O) groups is 1. The van der Waals surface area contributed by atoms with Gasteiger partial charge in [-0.3, -0.25) is 4.79 Å². The van der Waals surface area contributed by atoms with Gasteiger partial charge >= 0.3 is 0 Å². The summed E-state index contributed by atoms with van der Waals surface area (Å²) in [5.41, 5.74) is 3.11. The summed E-state index contributed by atoms with van der Waals surface area (Å²) in [6, 6.07) is 6.44. The van der Waals surface area contributed by atoms with E-state index in [1.165, 1.54) is 6.42 Å². The molecular formula is C17H28N2O. The zero-order chi connectivity index (χ0) is 15.1. The van der Waals surface area contributed by atoms with Crippen LogP contribution in [0, 0.1) is 12.8 Å². The van der Waals surface area contributed by atoms with E-state index in [0.29, 0.717) is 12.5 Å². The largest absolute Gasteiger partial charge is 0.382 e. The maximum atomic E-state index is 11.5. The number of amides is 1. The quantitative estimate of drug-likeness (QED) is 0.765. The summed E-state index contributed by atoms with van der Waals surface area (Å²) in [4.78, 5) is 11.5. The smallest absolute Gasteiger partial charge is 0.224 e. The molecule has 0 aliphatic heterocycles. The summed E-state index contributed by atoms with van der Waals surface area (Å²) in [5, 5.41) is 6.49. The van der Waals surface area contributed by atoms with Crippen LogP contribution in [-0.2, 0) is 4.79 Å². The van der Waals surface area contributed by atoms with Crippen molar-refractivity contribution in [1.29, 1.82) is 0 Å². The molecule has 3 heteroatoms. The minimum absolute atomic E-state index is 0.0538. The lowest BCUT2D eigenvalue weighted by molar-refractivity contribution is -0.115. The number of hydrogen-bond acceptors (Lipinski definition) is 2. The first-order chi connectivity index (χ1) is 9.43. The minimum Gasteiger partial charge on any atom is -0.382 e. The Morgan fingerprint density at radius 1 is 1.15 bits per heavy atom. The predicted octanol–water partition coefficient (Wildman–Crippen LogP) is 4.58. The molecule has 0 saturated carbocycles. The third kappa shape index (κ3) is 5.24. The van der Waals surface area contributed by atoms with Gasteiger partial charge in [-0.2, -0.15) is 0 Å². The molecule has 0 aromatic heterocycles. The van der Waals surface area contributed by atoms with E-state index in [1.807, 2.05) is 26.0 Å². The molecule has 0 heterocycles. The highest BCUT2D eigenvalue weighted by atomic mass is 16.1. The van der Waals surface area contributed by atoms with Crippen molar-refractivity contribution in [2.24, 2.45) is 5.92 Å². The van der Waals surface area contributed by atoms with Crippen molar-refractivity contribution in [2.75, 3.05) is 10.6 Å². The second-order valence-corrected chi connectivity index (χ2v) is 5.90. The fraction of sp³-hybridized carbons (Fsp3) is 0.588. The van der Waals surface area contributed by atoms with Crippen LogP contribution in [0.5, 0.6) is 0 Å². The lowest BCUT2D eigenvalue weighted by atomic mass is 10.0. The van der Waals surface area contributed by atoms with Crippen LogP contribution in [0.4, 0.5) is 11.4 Å². The molecule has 1 aromatic rings. The summed E-state index contributed by atoms with van der Waals surface area (Å²) in [6.07, 6.45) is 2.88. The van der Waals surface area contributed by atoms with Gasteiger partial charge in [-0.05, 0) is 50.3 Å². The maximum absolute atomic E-state index is 11.5. The molecule has 3 nitrogen and oxygen atoms in total. The van der Waals surface area contributed by atoms with E-state index in [0.717, 1.165) is 29.3 Å². The highest BCUT2D eigenvalue weighted by molar-refractivity contribution is 5.92. The SMILES string of the molecule is CCC(=O)Nc1cccc(NC(C)CCC(C)C)c1C. The highest BCUT2D eigenvalue weighted by Gasteiger charge is 2.09. The molecule has 1 aromatic carbocycles. The summed E-state index contributed by atoms with van der Waals surface area (Å²) in [5.74, 6) is 0.786. The van der Waals surface area contributed by atoms with Crippen molar-refractivity contribution in [3.63, 3.8) is 0 Å².